The molecule has 2 amide bonds. The molecule has 0 spiro atoms. The monoisotopic (exact) mass is 229 g/mol. The molecule has 5 heteroatoms. The maximum Gasteiger partial charge on any atom is 0.239 e. The first kappa shape index (κ1) is 14.9. The number of likely N-dealkylation sites (N-methyl/N-ethyl adjacent to an activating group) is 2. The molecule has 94 valence electrons. The van der Waals surface area contributed by atoms with Gasteiger partial charge in [0.1, 0.15) is 0 Å². The largest absolute Gasteiger partial charge is 0.352 e. The smallest absolute Gasteiger partial charge is 0.239 e. The first-order valence-corrected chi connectivity index (χ1v) is 5.58. The molecule has 0 atom stereocenters. The van der Waals surface area contributed by atoms with Crippen LogP contribution in [0.1, 0.15) is 20.8 Å². The minimum Gasteiger partial charge on any atom is -0.352 e. The Labute approximate surface area is 97.8 Å². The Morgan fingerprint density at radius 2 is 1.75 bits per heavy atom. The Hall–Kier alpha value is -1.10. The number of carbonyl (C=O) groups is 2. The fourth-order valence-electron chi connectivity index (χ4n) is 1.13. The fraction of sp³-hybridized carbons (Fsp3) is 0.818. The van der Waals surface area contributed by atoms with Gasteiger partial charge in [0, 0.05) is 13.1 Å². The molecule has 1 N–H and O–H groups in total. The van der Waals surface area contributed by atoms with Crippen LogP contribution >= 0.6 is 0 Å². The van der Waals surface area contributed by atoms with Crippen molar-refractivity contribution in [3.8, 4) is 0 Å². The van der Waals surface area contributed by atoms with Crippen LogP contribution in [0.2, 0.25) is 0 Å². The number of rotatable bonds is 6. The SMILES string of the molecule is CCN(C)CC(=O)N(C)CC(=O)NC(C)C. The highest BCUT2D eigenvalue weighted by Crippen LogP contribution is 1.89. The molecule has 16 heavy (non-hydrogen) atoms. The normalized spacial score (nSPS) is 10.7. The van der Waals surface area contributed by atoms with E-state index in [0.29, 0.717) is 6.54 Å². The number of hydrogen-bond donors (Lipinski definition) is 1. The van der Waals surface area contributed by atoms with E-state index in [1.165, 1.54) is 4.90 Å². The molecule has 5 nitrogen and oxygen atoms in total. The lowest BCUT2D eigenvalue weighted by Crippen LogP contribution is -2.43. The van der Waals surface area contributed by atoms with E-state index in [4.69, 9.17) is 0 Å². The standard InChI is InChI=1S/C11H23N3O2/c1-6-13(4)8-11(16)14(5)7-10(15)12-9(2)3/h9H,6-8H2,1-5H3,(H,12,15). The maximum atomic E-state index is 11.6. The van der Waals surface area contributed by atoms with E-state index in [-0.39, 0.29) is 24.4 Å². The minimum atomic E-state index is -0.120. The number of hydrogen-bond acceptors (Lipinski definition) is 3. The van der Waals surface area contributed by atoms with Gasteiger partial charge in [-0.15, -0.1) is 0 Å². The number of amides is 2. The molecule has 0 aromatic rings. The van der Waals surface area contributed by atoms with Gasteiger partial charge in [0.05, 0.1) is 13.1 Å². The van der Waals surface area contributed by atoms with Crippen molar-refractivity contribution in [1.29, 1.82) is 0 Å². The molecule has 0 aliphatic carbocycles. The molecule has 0 saturated heterocycles. The van der Waals surface area contributed by atoms with Gasteiger partial charge in [-0.1, -0.05) is 6.92 Å². The summed E-state index contributed by atoms with van der Waals surface area (Å²) >= 11 is 0. The third kappa shape index (κ3) is 6.40. The van der Waals surface area contributed by atoms with Gasteiger partial charge in [-0.3, -0.25) is 14.5 Å². The van der Waals surface area contributed by atoms with Gasteiger partial charge in [0.2, 0.25) is 11.8 Å². The van der Waals surface area contributed by atoms with E-state index >= 15 is 0 Å². The Balaban J connectivity index is 4.00. The Morgan fingerprint density at radius 1 is 1.19 bits per heavy atom. The highest BCUT2D eigenvalue weighted by atomic mass is 16.2. The molecule has 0 rings (SSSR count). The van der Waals surface area contributed by atoms with E-state index in [2.05, 4.69) is 5.32 Å². The van der Waals surface area contributed by atoms with Gasteiger partial charge in [-0.25, -0.2) is 0 Å². The predicted molar refractivity (Wildman–Crippen MR) is 64.1 cm³/mol. The van der Waals surface area contributed by atoms with Crippen LogP contribution in [0.25, 0.3) is 0 Å². The van der Waals surface area contributed by atoms with Crippen molar-refractivity contribution in [2.24, 2.45) is 0 Å². The Morgan fingerprint density at radius 3 is 2.19 bits per heavy atom. The molecule has 0 bridgehead atoms. The average molecular weight is 229 g/mol. The molecule has 0 aliphatic rings. The summed E-state index contributed by atoms with van der Waals surface area (Å²) in [5.74, 6) is -0.159. The third-order valence-corrected chi connectivity index (χ3v) is 2.20. The van der Waals surface area contributed by atoms with Crippen LogP contribution in [0.4, 0.5) is 0 Å². The van der Waals surface area contributed by atoms with Crippen LogP contribution in [0.15, 0.2) is 0 Å². The van der Waals surface area contributed by atoms with Gasteiger partial charge in [-0.05, 0) is 27.4 Å². The summed E-state index contributed by atoms with van der Waals surface area (Å²) in [5, 5.41) is 2.75. The van der Waals surface area contributed by atoms with Crippen LogP contribution in [-0.4, -0.2) is 61.4 Å². The van der Waals surface area contributed by atoms with E-state index < -0.39 is 0 Å². The molecule has 0 aromatic carbocycles. The lowest BCUT2D eigenvalue weighted by molar-refractivity contribution is -0.135. The first-order chi connectivity index (χ1) is 7.36. The van der Waals surface area contributed by atoms with Gasteiger partial charge >= 0.3 is 0 Å². The summed E-state index contributed by atoms with van der Waals surface area (Å²) in [4.78, 5) is 26.4. The van der Waals surface area contributed by atoms with E-state index in [9.17, 15) is 9.59 Å². The predicted octanol–water partition coefficient (Wildman–Crippen LogP) is -0.0789. The number of nitrogens with zero attached hydrogens (tertiary/aromatic N) is 2. The zero-order valence-corrected chi connectivity index (χ0v) is 10.9. The van der Waals surface area contributed by atoms with Crippen molar-refractivity contribution in [3.63, 3.8) is 0 Å². The maximum absolute atomic E-state index is 11.6. The first-order valence-electron chi connectivity index (χ1n) is 5.58. The van der Waals surface area contributed by atoms with Crippen molar-refractivity contribution in [2.45, 2.75) is 26.8 Å². The summed E-state index contributed by atoms with van der Waals surface area (Å²) in [5.41, 5.74) is 0. The zero-order chi connectivity index (χ0) is 12.7. The summed E-state index contributed by atoms with van der Waals surface area (Å²) in [6, 6.07) is 0.106. The van der Waals surface area contributed by atoms with E-state index in [0.717, 1.165) is 6.54 Å². The second-order valence-electron chi connectivity index (χ2n) is 4.30. The van der Waals surface area contributed by atoms with Crippen LogP contribution in [0.5, 0.6) is 0 Å². The third-order valence-electron chi connectivity index (χ3n) is 2.20. The molecule has 0 heterocycles. The van der Waals surface area contributed by atoms with E-state index in [1.54, 1.807) is 7.05 Å². The second-order valence-corrected chi connectivity index (χ2v) is 4.30. The minimum absolute atomic E-state index is 0.0387. The van der Waals surface area contributed by atoms with Crippen molar-refractivity contribution >= 4 is 11.8 Å². The van der Waals surface area contributed by atoms with Crippen LogP contribution < -0.4 is 5.32 Å². The lowest BCUT2D eigenvalue weighted by Gasteiger charge is -2.21. The second kappa shape index (κ2) is 7.22. The fourth-order valence-corrected chi connectivity index (χ4v) is 1.13. The topological polar surface area (TPSA) is 52.7 Å². The van der Waals surface area contributed by atoms with Gasteiger partial charge in [-0.2, -0.15) is 0 Å². The van der Waals surface area contributed by atoms with Crippen LogP contribution in [-0.2, 0) is 9.59 Å². The summed E-state index contributed by atoms with van der Waals surface area (Å²) < 4.78 is 0. The highest BCUT2D eigenvalue weighted by Gasteiger charge is 2.14. The molecule has 0 unspecified atom stereocenters. The molecule has 0 aromatic heterocycles. The van der Waals surface area contributed by atoms with Crippen molar-refractivity contribution in [2.75, 3.05) is 33.7 Å². The molecule has 0 aliphatic heterocycles. The molecular formula is C11H23N3O2. The molecule has 0 fully saturated rings. The lowest BCUT2D eigenvalue weighted by atomic mass is 10.3. The zero-order valence-electron chi connectivity index (χ0n) is 10.9. The van der Waals surface area contributed by atoms with E-state index in [1.807, 2.05) is 32.7 Å². The van der Waals surface area contributed by atoms with Gasteiger partial charge in [0.25, 0.3) is 0 Å². The molecule has 0 saturated carbocycles. The summed E-state index contributed by atoms with van der Waals surface area (Å²) in [6.07, 6.45) is 0. The number of carbonyl (C=O) groups excluding carboxylic acids is 2. The van der Waals surface area contributed by atoms with Gasteiger partial charge in [0.15, 0.2) is 0 Å². The van der Waals surface area contributed by atoms with Crippen LogP contribution in [0.3, 0.4) is 0 Å². The van der Waals surface area contributed by atoms with Crippen molar-refractivity contribution in [1.82, 2.24) is 15.1 Å². The molecular weight excluding hydrogens is 206 g/mol. The van der Waals surface area contributed by atoms with Crippen LogP contribution in [0, 0.1) is 0 Å². The van der Waals surface area contributed by atoms with Crippen molar-refractivity contribution in [3.05, 3.63) is 0 Å². The summed E-state index contributed by atoms with van der Waals surface area (Å²) in [6.45, 7) is 7.06. The highest BCUT2D eigenvalue weighted by molar-refractivity contribution is 5.85. The van der Waals surface area contributed by atoms with Gasteiger partial charge < -0.3 is 10.2 Å². The van der Waals surface area contributed by atoms with Crippen molar-refractivity contribution < 1.29 is 9.59 Å². The molecule has 0 radical (unpaired) electrons. The number of nitrogens with one attached hydrogen (secondary N) is 1. The Kier molecular flexibility index (Phi) is 6.72. The summed E-state index contributed by atoms with van der Waals surface area (Å²) in [7, 11) is 3.52. The average Bonchev–Trinajstić information content (AvgIpc) is 2.15. The Bertz CT molecular complexity index is 241. The quantitative estimate of drug-likeness (QED) is 0.693.